The van der Waals surface area contributed by atoms with Gasteiger partial charge in [0.2, 0.25) is 11.8 Å². The molecule has 0 aromatic heterocycles. The van der Waals surface area contributed by atoms with Crippen LogP contribution >= 0.6 is 12.6 Å². The van der Waals surface area contributed by atoms with E-state index in [2.05, 4.69) is 23.3 Å². The maximum absolute atomic E-state index is 12.2. The Balaban J connectivity index is 2.82. The molecule has 0 aliphatic heterocycles. The second-order valence-corrected chi connectivity index (χ2v) is 4.96. The second-order valence-electron chi connectivity index (χ2n) is 4.60. The van der Waals surface area contributed by atoms with Gasteiger partial charge in [-0.2, -0.15) is 12.6 Å². The predicted molar refractivity (Wildman–Crippen MR) is 84.6 cm³/mol. The monoisotopic (exact) mass is 325 g/mol. The van der Waals surface area contributed by atoms with E-state index in [1.807, 2.05) is 30.3 Å². The smallest absolute Gasteiger partial charge is 0.327 e. The first-order valence-corrected chi connectivity index (χ1v) is 7.28. The highest BCUT2D eigenvalue weighted by atomic mass is 32.1. The van der Waals surface area contributed by atoms with Crippen molar-refractivity contribution in [1.29, 1.82) is 0 Å². The lowest BCUT2D eigenvalue weighted by molar-refractivity contribution is -0.141. The molecule has 5 N–H and O–H groups in total. The van der Waals surface area contributed by atoms with E-state index in [0.717, 1.165) is 5.56 Å². The minimum absolute atomic E-state index is 0.0516. The van der Waals surface area contributed by atoms with Gasteiger partial charge in [-0.25, -0.2) is 4.79 Å². The molecule has 7 nitrogen and oxygen atoms in total. The standard InChI is InChI=1S/C14H19N3O4S/c15-7-12(18)16-10(6-9-4-2-1-3-5-9)13(19)17-11(8-22)14(20)21/h1-5,10-11,22H,6-8,15H2,(H,16,18)(H,17,19)(H,20,21)/t10-,11+/m0/s1. The predicted octanol–water partition coefficient (Wildman–Crippen LogP) is -0.828. The summed E-state index contributed by atoms with van der Waals surface area (Å²) in [6.45, 7) is -0.256. The molecule has 0 unspecified atom stereocenters. The zero-order valence-electron chi connectivity index (χ0n) is 11.9. The number of amides is 2. The quantitative estimate of drug-likeness (QED) is 0.400. The molecule has 0 radical (unpaired) electrons. The van der Waals surface area contributed by atoms with Crippen LogP contribution in [0.1, 0.15) is 5.56 Å². The van der Waals surface area contributed by atoms with Gasteiger partial charge in [0.05, 0.1) is 6.54 Å². The topological polar surface area (TPSA) is 122 Å². The van der Waals surface area contributed by atoms with Crippen molar-refractivity contribution < 1.29 is 19.5 Å². The summed E-state index contributed by atoms with van der Waals surface area (Å²) in [6, 6.07) is 7.04. The molecule has 8 heteroatoms. The summed E-state index contributed by atoms with van der Waals surface area (Å²) in [5.74, 6) is -2.32. The molecule has 0 saturated heterocycles. The van der Waals surface area contributed by atoms with Crippen molar-refractivity contribution in [3.05, 3.63) is 35.9 Å². The average Bonchev–Trinajstić information content (AvgIpc) is 2.52. The molecule has 0 fully saturated rings. The van der Waals surface area contributed by atoms with Gasteiger partial charge >= 0.3 is 5.97 Å². The Morgan fingerprint density at radius 3 is 2.27 bits per heavy atom. The van der Waals surface area contributed by atoms with Crippen LogP contribution < -0.4 is 16.4 Å². The molecule has 0 heterocycles. The summed E-state index contributed by atoms with van der Waals surface area (Å²) < 4.78 is 0. The van der Waals surface area contributed by atoms with Crippen LogP contribution in [-0.2, 0) is 20.8 Å². The van der Waals surface area contributed by atoms with Crippen molar-refractivity contribution in [1.82, 2.24) is 10.6 Å². The highest BCUT2D eigenvalue weighted by Gasteiger charge is 2.25. The maximum atomic E-state index is 12.2. The number of nitrogens with two attached hydrogens (primary N) is 1. The van der Waals surface area contributed by atoms with Crippen LogP contribution in [0.15, 0.2) is 30.3 Å². The molecule has 0 spiro atoms. The maximum Gasteiger partial charge on any atom is 0.327 e. The third-order valence-electron chi connectivity index (χ3n) is 2.92. The zero-order valence-corrected chi connectivity index (χ0v) is 12.8. The van der Waals surface area contributed by atoms with Crippen molar-refractivity contribution in [2.24, 2.45) is 5.73 Å². The van der Waals surface area contributed by atoms with Crippen molar-refractivity contribution in [2.45, 2.75) is 18.5 Å². The molecule has 0 aliphatic rings. The SMILES string of the molecule is NCC(=O)N[C@@H](Cc1ccccc1)C(=O)N[C@H](CS)C(=O)O. The van der Waals surface area contributed by atoms with Gasteiger partial charge in [-0.15, -0.1) is 0 Å². The molecule has 1 rings (SSSR count). The normalized spacial score (nSPS) is 13.0. The number of nitrogens with one attached hydrogen (secondary N) is 2. The molecule has 0 bridgehead atoms. The molecule has 2 amide bonds. The molecular formula is C14H19N3O4S. The van der Waals surface area contributed by atoms with Crippen LogP contribution in [0.25, 0.3) is 0 Å². The van der Waals surface area contributed by atoms with Crippen molar-refractivity contribution in [3.63, 3.8) is 0 Å². The van der Waals surface area contributed by atoms with Crippen LogP contribution in [-0.4, -0.2) is 47.3 Å². The number of aliphatic carboxylic acids is 1. The van der Waals surface area contributed by atoms with Crippen LogP contribution in [0.4, 0.5) is 0 Å². The number of carbonyl (C=O) groups is 3. The van der Waals surface area contributed by atoms with Crippen LogP contribution in [0.5, 0.6) is 0 Å². The van der Waals surface area contributed by atoms with Crippen molar-refractivity contribution in [2.75, 3.05) is 12.3 Å². The van der Waals surface area contributed by atoms with Gasteiger partial charge in [0, 0.05) is 12.2 Å². The van der Waals surface area contributed by atoms with E-state index in [4.69, 9.17) is 10.8 Å². The summed E-state index contributed by atoms with van der Waals surface area (Å²) >= 11 is 3.88. The van der Waals surface area contributed by atoms with Gasteiger partial charge < -0.3 is 21.5 Å². The van der Waals surface area contributed by atoms with E-state index in [-0.39, 0.29) is 18.7 Å². The molecule has 22 heavy (non-hydrogen) atoms. The van der Waals surface area contributed by atoms with Crippen molar-refractivity contribution >= 4 is 30.4 Å². The molecule has 120 valence electrons. The molecule has 1 aromatic rings. The fraction of sp³-hybridized carbons (Fsp3) is 0.357. The number of carboxylic acids is 1. The minimum atomic E-state index is -1.19. The fourth-order valence-electron chi connectivity index (χ4n) is 1.77. The highest BCUT2D eigenvalue weighted by molar-refractivity contribution is 7.80. The Kier molecular flexibility index (Phi) is 7.41. The number of carbonyl (C=O) groups excluding carboxylic acids is 2. The first-order chi connectivity index (χ1) is 10.5. The number of carboxylic acid groups (broad SMARTS) is 1. The summed E-state index contributed by atoms with van der Waals surface area (Å²) in [4.78, 5) is 34.6. The number of hydrogen-bond acceptors (Lipinski definition) is 5. The van der Waals surface area contributed by atoms with Gasteiger partial charge in [0.1, 0.15) is 12.1 Å². The van der Waals surface area contributed by atoms with Crippen LogP contribution in [0.3, 0.4) is 0 Å². The van der Waals surface area contributed by atoms with Crippen LogP contribution in [0.2, 0.25) is 0 Å². The Morgan fingerprint density at radius 2 is 1.77 bits per heavy atom. The van der Waals surface area contributed by atoms with E-state index in [1.165, 1.54) is 0 Å². The first-order valence-electron chi connectivity index (χ1n) is 6.65. The Bertz CT molecular complexity index is 524. The highest BCUT2D eigenvalue weighted by Crippen LogP contribution is 2.04. The molecule has 1 aromatic carbocycles. The Hall–Kier alpha value is -2.06. The second kappa shape index (κ2) is 9.06. The summed E-state index contributed by atoms with van der Waals surface area (Å²) in [5.41, 5.74) is 6.07. The zero-order chi connectivity index (χ0) is 16.5. The largest absolute Gasteiger partial charge is 0.480 e. The average molecular weight is 325 g/mol. The molecule has 0 saturated carbocycles. The van der Waals surface area contributed by atoms with E-state index in [1.54, 1.807) is 0 Å². The third kappa shape index (κ3) is 5.74. The van der Waals surface area contributed by atoms with Crippen LogP contribution in [0, 0.1) is 0 Å². The number of rotatable bonds is 8. The van der Waals surface area contributed by atoms with Gasteiger partial charge in [-0.1, -0.05) is 30.3 Å². The van der Waals surface area contributed by atoms with Gasteiger partial charge in [0.25, 0.3) is 0 Å². The molecular weight excluding hydrogens is 306 g/mol. The fourth-order valence-corrected chi connectivity index (χ4v) is 2.02. The molecule has 0 aliphatic carbocycles. The first kappa shape index (κ1) is 18.0. The lowest BCUT2D eigenvalue weighted by Crippen LogP contribution is -2.53. The lowest BCUT2D eigenvalue weighted by Gasteiger charge is -2.20. The van der Waals surface area contributed by atoms with Gasteiger partial charge in [0.15, 0.2) is 0 Å². The number of thiol groups is 1. The van der Waals surface area contributed by atoms with E-state index < -0.39 is 29.9 Å². The number of benzene rings is 1. The number of hydrogen-bond donors (Lipinski definition) is 5. The van der Waals surface area contributed by atoms with E-state index >= 15 is 0 Å². The summed E-state index contributed by atoms with van der Waals surface area (Å²) in [6.07, 6.45) is 0.233. The van der Waals surface area contributed by atoms with Crippen molar-refractivity contribution in [3.8, 4) is 0 Å². The van der Waals surface area contributed by atoms with Gasteiger partial charge in [-0.3, -0.25) is 9.59 Å². The van der Waals surface area contributed by atoms with Gasteiger partial charge in [-0.05, 0) is 5.56 Å². The summed E-state index contributed by atoms with van der Waals surface area (Å²) in [7, 11) is 0. The Labute approximate surface area is 133 Å². The van der Waals surface area contributed by atoms with E-state index in [0.29, 0.717) is 0 Å². The lowest BCUT2D eigenvalue weighted by atomic mass is 10.0. The Morgan fingerprint density at radius 1 is 1.14 bits per heavy atom. The van der Waals surface area contributed by atoms with E-state index in [9.17, 15) is 14.4 Å². The molecule has 2 atom stereocenters. The summed E-state index contributed by atoms with van der Waals surface area (Å²) in [5, 5.41) is 13.8. The third-order valence-corrected chi connectivity index (χ3v) is 3.28. The minimum Gasteiger partial charge on any atom is -0.480 e.